The Bertz CT molecular complexity index is 715. The van der Waals surface area contributed by atoms with E-state index in [4.69, 9.17) is 16.3 Å². The molecule has 0 bridgehead atoms. The molecular weight excluding hydrogens is 328 g/mol. The number of hydrogen-bond donors (Lipinski definition) is 2. The summed E-state index contributed by atoms with van der Waals surface area (Å²) in [6, 6.07) is 9.10. The summed E-state index contributed by atoms with van der Waals surface area (Å²) in [5, 5.41) is 14.8. The number of aromatic nitrogens is 2. The van der Waals surface area contributed by atoms with Crippen LogP contribution in [0.3, 0.4) is 0 Å². The first-order valence-corrected chi connectivity index (χ1v) is 8.25. The van der Waals surface area contributed by atoms with Gasteiger partial charge in [-0.3, -0.25) is 4.79 Å². The van der Waals surface area contributed by atoms with E-state index in [0.29, 0.717) is 29.9 Å². The first-order valence-electron chi connectivity index (χ1n) is 7.87. The van der Waals surface area contributed by atoms with Crippen molar-refractivity contribution in [3.63, 3.8) is 0 Å². The largest absolute Gasteiger partial charge is 0.381 e. The van der Waals surface area contributed by atoms with Crippen LogP contribution in [0.5, 0.6) is 0 Å². The van der Waals surface area contributed by atoms with E-state index in [0.717, 1.165) is 24.1 Å². The molecule has 0 radical (unpaired) electrons. The van der Waals surface area contributed by atoms with Crippen LogP contribution in [0.25, 0.3) is 0 Å². The molecular formula is C17H19ClN4O2. The molecule has 2 heterocycles. The Balaban J connectivity index is 1.62. The summed E-state index contributed by atoms with van der Waals surface area (Å²) in [6.45, 7) is 3.24. The monoisotopic (exact) mass is 346 g/mol. The van der Waals surface area contributed by atoms with Crippen molar-refractivity contribution in [3.8, 4) is 0 Å². The highest BCUT2D eigenvalue weighted by atomic mass is 35.5. The van der Waals surface area contributed by atoms with E-state index >= 15 is 0 Å². The molecule has 126 valence electrons. The number of carbonyl (C=O) groups excluding carboxylic acids is 1. The Labute approximate surface area is 145 Å². The minimum atomic E-state index is -0.0287. The van der Waals surface area contributed by atoms with E-state index < -0.39 is 0 Å². The number of anilines is 3. The van der Waals surface area contributed by atoms with Crippen molar-refractivity contribution < 1.29 is 9.53 Å². The summed E-state index contributed by atoms with van der Waals surface area (Å²) in [6.07, 6.45) is 1.49. The predicted molar refractivity (Wildman–Crippen MR) is 93.7 cm³/mol. The van der Waals surface area contributed by atoms with Crippen LogP contribution in [-0.2, 0) is 9.53 Å². The number of hydrogen-bond acceptors (Lipinski definition) is 5. The lowest BCUT2D eigenvalue weighted by molar-refractivity contribution is -0.122. The number of nitrogens with zero attached hydrogens (tertiary/aromatic N) is 2. The number of rotatable bonds is 4. The second kappa shape index (κ2) is 7.59. The van der Waals surface area contributed by atoms with Gasteiger partial charge in [0.15, 0.2) is 11.6 Å². The fraction of sp³-hybridized carbons (Fsp3) is 0.353. The minimum Gasteiger partial charge on any atom is -0.381 e. The zero-order valence-corrected chi connectivity index (χ0v) is 14.1. The zero-order valence-electron chi connectivity index (χ0n) is 13.4. The van der Waals surface area contributed by atoms with Crippen molar-refractivity contribution in [2.24, 2.45) is 5.92 Å². The molecule has 0 saturated carbocycles. The van der Waals surface area contributed by atoms with Gasteiger partial charge in [-0.15, -0.1) is 10.2 Å². The van der Waals surface area contributed by atoms with E-state index in [1.54, 1.807) is 12.1 Å². The summed E-state index contributed by atoms with van der Waals surface area (Å²) in [7, 11) is 0. The van der Waals surface area contributed by atoms with Crippen LogP contribution in [0.1, 0.15) is 18.4 Å². The molecule has 1 saturated heterocycles. The lowest BCUT2D eigenvalue weighted by Gasteiger charge is -2.20. The van der Waals surface area contributed by atoms with Gasteiger partial charge in [-0.1, -0.05) is 17.7 Å². The van der Waals surface area contributed by atoms with Crippen LogP contribution in [0.15, 0.2) is 30.3 Å². The van der Waals surface area contributed by atoms with Crippen LogP contribution >= 0.6 is 11.6 Å². The van der Waals surface area contributed by atoms with Gasteiger partial charge < -0.3 is 15.4 Å². The van der Waals surface area contributed by atoms with E-state index in [2.05, 4.69) is 20.8 Å². The fourth-order valence-electron chi connectivity index (χ4n) is 2.52. The minimum absolute atomic E-state index is 0.0209. The highest BCUT2D eigenvalue weighted by Gasteiger charge is 2.21. The highest BCUT2D eigenvalue weighted by Crippen LogP contribution is 2.23. The van der Waals surface area contributed by atoms with Gasteiger partial charge in [0.25, 0.3) is 0 Å². The molecule has 1 aliphatic heterocycles. The average molecular weight is 347 g/mol. The Morgan fingerprint density at radius 3 is 2.58 bits per heavy atom. The van der Waals surface area contributed by atoms with E-state index in [1.165, 1.54) is 0 Å². The van der Waals surface area contributed by atoms with Crippen LogP contribution in [-0.4, -0.2) is 29.3 Å². The molecule has 0 aliphatic carbocycles. The first kappa shape index (κ1) is 16.7. The third-order valence-corrected chi connectivity index (χ3v) is 4.21. The van der Waals surface area contributed by atoms with Gasteiger partial charge in [0.05, 0.1) is 0 Å². The van der Waals surface area contributed by atoms with Crippen molar-refractivity contribution in [1.29, 1.82) is 0 Å². The van der Waals surface area contributed by atoms with Crippen molar-refractivity contribution >= 4 is 34.8 Å². The van der Waals surface area contributed by atoms with Crippen LogP contribution in [0.4, 0.5) is 17.3 Å². The van der Waals surface area contributed by atoms with Gasteiger partial charge in [0, 0.05) is 29.8 Å². The predicted octanol–water partition coefficient (Wildman–Crippen LogP) is 3.55. The maximum absolute atomic E-state index is 12.2. The Morgan fingerprint density at radius 2 is 1.88 bits per heavy atom. The second-order valence-electron chi connectivity index (χ2n) is 5.76. The molecule has 3 rings (SSSR count). The molecule has 24 heavy (non-hydrogen) atoms. The standard InChI is InChI=1S/C17H19ClN4O2/c1-11-2-3-13(18)10-14(11)19-15-4-5-16(22-21-15)20-17(23)12-6-8-24-9-7-12/h2-5,10,12H,6-9H2,1H3,(H,19,21)(H,20,22,23). The second-order valence-corrected chi connectivity index (χ2v) is 6.20. The van der Waals surface area contributed by atoms with Crippen LogP contribution in [0, 0.1) is 12.8 Å². The molecule has 1 fully saturated rings. The van der Waals surface area contributed by atoms with E-state index in [-0.39, 0.29) is 11.8 Å². The Morgan fingerprint density at radius 1 is 1.17 bits per heavy atom. The highest BCUT2D eigenvalue weighted by molar-refractivity contribution is 6.30. The van der Waals surface area contributed by atoms with Gasteiger partial charge in [0.1, 0.15) is 0 Å². The summed E-state index contributed by atoms with van der Waals surface area (Å²) in [5.74, 6) is 0.982. The van der Waals surface area contributed by atoms with E-state index in [1.807, 2.05) is 25.1 Å². The zero-order chi connectivity index (χ0) is 16.9. The molecule has 1 aliphatic rings. The molecule has 1 amide bonds. The smallest absolute Gasteiger partial charge is 0.228 e. The SMILES string of the molecule is Cc1ccc(Cl)cc1Nc1ccc(NC(=O)C2CCOCC2)nn1. The molecule has 0 spiro atoms. The molecule has 1 aromatic heterocycles. The topological polar surface area (TPSA) is 76.1 Å². The molecule has 2 N–H and O–H groups in total. The summed E-state index contributed by atoms with van der Waals surface area (Å²) in [5.41, 5.74) is 1.92. The lowest BCUT2D eigenvalue weighted by atomic mass is 9.99. The van der Waals surface area contributed by atoms with Crippen LogP contribution < -0.4 is 10.6 Å². The molecule has 6 nitrogen and oxygen atoms in total. The summed E-state index contributed by atoms with van der Waals surface area (Å²) in [4.78, 5) is 12.2. The Hall–Kier alpha value is -2.18. The number of benzene rings is 1. The van der Waals surface area contributed by atoms with Crippen molar-refractivity contribution in [3.05, 3.63) is 40.9 Å². The molecule has 0 atom stereocenters. The van der Waals surface area contributed by atoms with Gasteiger partial charge in [-0.25, -0.2) is 0 Å². The number of halogens is 1. The number of amides is 1. The normalized spacial score (nSPS) is 15.1. The summed E-state index contributed by atoms with van der Waals surface area (Å²) >= 11 is 6.01. The first-order chi connectivity index (χ1) is 11.6. The van der Waals surface area contributed by atoms with Crippen LogP contribution in [0.2, 0.25) is 5.02 Å². The van der Waals surface area contributed by atoms with Gasteiger partial charge in [-0.05, 0) is 49.6 Å². The van der Waals surface area contributed by atoms with Crippen molar-refractivity contribution in [2.45, 2.75) is 19.8 Å². The number of carbonyl (C=O) groups is 1. The molecule has 7 heteroatoms. The average Bonchev–Trinajstić information content (AvgIpc) is 2.60. The number of ether oxygens (including phenoxy) is 1. The van der Waals surface area contributed by atoms with E-state index in [9.17, 15) is 4.79 Å². The third-order valence-electron chi connectivity index (χ3n) is 3.97. The maximum Gasteiger partial charge on any atom is 0.228 e. The molecule has 0 unspecified atom stereocenters. The van der Waals surface area contributed by atoms with Gasteiger partial charge in [-0.2, -0.15) is 0 Å². The summed E-state index contributed by atoms with van der Waals surface area (Å²) < 4.78 is 5.26. The third kappa shape index (κ3) is 4.21. The fourth-order valence-corrected chi connectivity index (χ4v) is 2.69. The number of aryl methyl sites for hydroxylation is 1. The quantitative estimate of drug-likeness (QED) is 0.885. The van der Waals surface area contributed by atoms with Crippen molar-refractivity contribution in [2.75, 3.05) is 23.8 Å². The van der Waals surface area contributed by atoms with Crippen molar-refractivity contribution in [1.82, 2.24) is 10.2 Å². The lowest BCUT2D eigenvalue weighted by Crippen LogP contribution is -2.28. The molecule has 2 aromatic rings. The molecule has 1 aromatic carbocycles. The van der Waals surface area contributed by atoms with Gasteiger partial charge >= 0.3 is 0 Å². The Kier molecular flexibility index (Phi) is 5.27. The number of nitrogens with one attached hydrogen (secondary N) is 2. The maximum atomic E-state index is 12.2. The van der Waals surface area contributed by atoms with Gasteiger partial charge in [0.2, 0.25) is 5.91 Å².